The fourth-order valence-corrected chi connectivity index (χ4v) is 4.65. The van der Waals surface area contributed by atoms with Crippen LogP contribution in [0.5, 0.6) is 0 Å². The number of amides is 1. The normalized spacial score (nSPS) is 10.7. The van der Waals surface area contributed by atoms with Gasteiger partial charge in [0, 0.05) is 17.1 Å². The number of hydrogen-bond donors (Lipinski definition) is 1. The second-order valence-corrected chi connectivity index (χ2v) is 9.10. The Labute approximate surface area is 197 Å². The van der Waals surface area contributed by atoms with Crippen molar-refractivity contribution < 1.29 is 14.3 Å². The summed E-state index contributed by atoms with van der Waals surface area (Å²) in [7, 11) is 0. The SMILES string of the molecule is Cc1cc(C)cc(N(CCC#N)C(=O)COC(=O)CNc2nc(C)nc3sc(C)c(C)c23)c1. The number of fused-ring (bicyclic) bond motifs is 1. The van der Waals surface area contributed by atoms with Gasteiger partial charge < -0.3 is 15.0 Å². The molecule has 0 aliphatic heterocycles. The first-order valence-corrected chi connectivity index (χ1v) is 11.4. The fraction of sp³-hybridized carbons (Fsp3) is 0.375. The summed E-state index contributed by atoms with van der Waals surface area (Å²) in [6.07, 6.45) is 0.177. The Bertz CT molecular complexity index is 1220. The van der Waals surface area contributed by atoms with Gasteiger partial charge in [-0.15, -0.1) is 11.3 Å². The van der Waals surface area contributed by atoms with Crippen molar-refractivity contribution in [1.82, 2.24) is 9.97 Å². The minimum absolute atomic E-state index is 0.130. The van der Waals surface area contributed by atoms with Crippen LogP contribution >= 0.6 is 11.3 Å². The fourth-order valence-electron chi connectivity index (χ4n) is 3.58. The first kappa shape index (κ1) is 24.1. The molecule has 3 rings (SSSR count). The number of nitrogens with zero attached hydrogens (tertiary/aromatic N) is 4. The molecule has 172 valence electrons. The van der Waals surface area contributed by atoms with Crippen LogP contribution in [0.3, 0.4) is 0 Å². The lowest BCUT2D eigenvalue weighted by molar-refractivity contribution is -0.146. The quantitative estimate of drug-likeness (QED) is 0.498. The number of thiophene rings is 1. The van der Waals surface area contributed by atoms with Crippen molar-refractivity contribution in [3.8, 4) is 6.07 Å². The van der Waals surface area contributed by atoms with Crippen molar-refractivity contribution in [1.29, 1.82) is 5.26 Å². The van der Waals surface area contributed by atoms with Crippen LogP contribution in [-0.2, 0) is 14.3 Å². The molecule has 0 atom stereocenters. The average Bonchev–Trinajstić information content (AvgIpc) is 3.03. The van der Waals surface area contributed by atoms with Gasteiger partial charge >= 0.3 is 5.97 Å². The number of ether oxygens (including phenoxy) is 1. The van der Waals surface area contributed by atoms with Gasteiger partial charge in [0.25, 0.3) is 5.91 Å². The highest BCUT2D eigenvalue weighted by molar-refractivity contribution is 7.18. The summed E-state index contributed by atoms with van der Waals surface area (Å²) in [5, 5.41) is 12.9. The molecule has 33 heavy (non-hydrogen) atoms. The number of nitriles is 1. The number of carbonyl (C=O) groups is 2. The molecule has 0 aliphatic carbocycles. The molecule has 3 aromatic rings. The maximum atomic E-state index is 12.8. The van der Waals surface area contributed by atoms with Crippen LogP contribution in [0.1, 0.15) is 33.8 Å². The van der Waals surface area contributed by atoms with Gasteiger partial charge in [0.2, 0.25) is 0 Å². The number of esters is 1. The molecule has 1 amide bonds. The molecule has 0 saturated carbocycles. The molecule has 0 bridgehead atoms. The Balaban J connectivity index is 1.65. The molecular formula is C24H27N5O3S. The summed E-state index contributed by atoms with van der Waals surface area (Å²) < 4.78 is 5.23. The Morgan fingerprint density at radius 1 is 1.12 bits per heavy atom. The van der Waals surface area contributed by atoms with Gasteiger partial charge in [-0.1, -0.05) is 6.07 Å². The molecule has 0 fully saturated rings. The zero-order valence-electron chi connectivity index (χ0n) is 19.5. The highest BCUT2D eigenvalue weighted by Gasteiger charge is 2.19. The van der Waals surface area contributed by atoms with Crippen molar-refractivity contribution in [2.75, 3.05) is 29.9 Å². The van der Waals surface area contributed by atoms with E-state index in [1.165, 1.54) is 4.90 Å². The summed E-state index contributed by atoms with van der Waals surface area (Å²) in [4.78, 5) is 37.6. The monoisotopic (exact) mass is 465 g/mol. The van der Waals surface area contributed by atoms with Crippen LogP contribution in [0.15, 0.2) is 18.2 Å². The Morgan fingerprint density at radius 2 is 1.82 bits per heavy atom. The van der Waals surface area contributed by atoms with E-state index in [2.05, 4.69) is 21.4 Å². The van der Waals surface area contributed by atoms with E-state index in [0.717, 1.165) is 31.8 Å². The van der Waals surface area contributed by atoms with Crippen LogP contribution in [0.2, 0.25) is 0 Å². The molecule has 1 N–H and O–H groups in total. The van der Waals surface area contributed by atoms with Crippen LogP contribution in [0.4, 0.5) is 11.5 Å². The number of aryl methyl sites for hydroxylation is 5. The predicted octanol–water partition coefficient (Wildman–Crippen LogP) is 4.14. The Morgan fingerprint density at radius 3 is 2.48 bits per heavy atom. The van der Waals surface area contributed by atoms with E-state index in [-0.39, 0.29) is 25.4 Å². The molecule has 0 aliphatic rings. The molecule has 0 saturated heterocycles. The number of aromatic nitrogens is 2. The molecule has 0 radical (unpaired) electrons. The molecule has 2 aromatic heterocycles. The van der Waals surface area contributed by atoms with E-state index in [1.54, 1.807) is 18.3 Å². The number of nitrogens with one attached hydrogen (secondary N) is 1. The molecule has 2 heterocycles. The average molecular weight is 466 g/mol. The number of carbonyl (C=O) groups excluding carboxylic acids is 2. The summed E-state index contributed by atoms with van der Waals surface area (Å²) >= 11 is 1.58. The summed E-state index contributed by atoms with van der Waals surface area (Å²) in [5.74, 6) is 0.232. The van der Waals surface area contributed by atoms with Gasteiger partial charge in [0.15, 0.2) is 6.61 Å². The van der Waals surface area contributed by atoms with Crippen molar-refractivity contribution in [2.45, 2.75) is 41.0 Å². The number of hydrogen-bond acceptors (Lipinski definition) is 8. The van der Waals surface area contributed by atoms with Crippen molar-refractivity contribution >= 4 is 44.9 Å². The molecule has 0 unspecified atom stereocenters. The predicted molar refractivity (Wildman–Crippen MR) is 130 cm³/mol. The smallest absolute Gasteiger partial charge is 0.325 e. The van der Waals surface area contributed by atoms with Gasteiger partial charge in [-0.05, 0) is 63.4 Å². The van der Waals surface area contributed by atoms with Gasteiger partial charge in [-0.3, -0.25) is 9.59 Å². The minimum atomic E-state index is -0.571. The lowest BCUT2D eigenvalue weighted by Crippen LogP contribution is -2.36. The van der Waals surface area contributed by atoms with Crippen molar-refractivity contribution in [2.24, 2.45) is 0 Å². The third kappa shape index (κ3) is 5.84. The minimum Gasteiger partial charge on any atom is -0.454 e. The van der Waals surface area contributed by atoms with Gasteiger partial charge in [0.1, 0.15) is 23.0 Å². The topological polar surface area (TPSA) is 108 Å². The third-order valence-corrected chi connectivity index (χ3v) is 6.26. The maximum Gasteiger partial charge on any atom is 0.325 e. The second kappa shape index (κ2) is 10.4. The largest absolute Gasteiger partial charge is 0.454 e. The zero-order valence-corrected chi connectivity index (χ0v) is 20.3. The van der Waals surface area contributed by atoms with E-state index in [4.69, 9.17) is 10.00 Å². The first-order chi connectivity index (χ1) is 15.7. The van der Waals surface area contributed by atoms with Gasteiger partial charge in [0.05, 0.1) is 17.9 Å². The number of anilines is 2. The summed E-state index contributed by atoms with van der Waals surface area (Å²) in [6, 6.07) is 7.81. The Hall–Kier alpha value is -3.51. The molecule has 0 spiro atoms. The highest BCUT2D eigenvalue weighted by Crippen LogP contribution is 2.33. The lowest BCUT2D eigenvalue weighted by Gasteiger charge is -2.22. The van der Waals surface area contributed by atoms with E-state index in [0.29, 0.717) is 17.3 Å². The lowest BCUT2D eigenvalue weighted by atomic mass is 10.1. The van der Waals surface area contributed by atoms with Crippen LogP contribution < -0.4 is 10.2 Å². The zero-order chi connectivity index (χ0) is 24.1. The summed E-state index contributed by atoms with van der Waals surface area (Å²) in [5.41, 5.74) is 3.77. The van der Waals surface area contributed by atoms with E-state index >= 15 is 0 Å². The molecule has 8 nitrogen and oxygen atoms in total. The van der Waals surface area contributed by atoms with Crippen LogP contribution in [0, 0.1) is 45.9 Å². The van der Waals surface area contributed by atoms with E-state index < -0.39 is 12.6 Å². The van der Waals surface area contributed by atoms with Crippen LogP contribution in [-0.4, -0.2) is 41.5 Å². The van der Waals surface area contributed by atoms with Gasteiger partial charge in [-0.25, -0.2) is 9.97 Å². The van der Waals surface area contributed by atoms with E-state index in [9.17, 15) is 9.59 Å². The van der Waals surface area contributed by atoms with E-state index in [1.807, 2.05) is 45.9 Å². The standard InChI is InChI=1S/C24H27N5O3S/c1-14-9-15(2)11-19(10-14)29(8-6-7-25)20(30)13-32-21(31)12-26-23-22-16(3)17(4)33-24(22)28-18(5)27-23/h9-11H,6,8,12-13H2,1-5H3,(H,26,27,28). The van der Waals surface area contributed by atoms with Crippen molar-refractivity contribution in [3.63, 3.8) is 0 Å². The first-order valence-electron chi connectivity index (χ1n) is 10.6. The molecular weight excluding hydrogens is 438 g/mol. The number of rotatable bonds is 8. The number of benzene rings is 1. The molecule has 9 heteroatoms. The maximum absolute atomic E-state index is 12.8. The Kier molecular flexibility index (Phi) is 7.61. The van der Waals surface area contributed by atoms with Gasteiger partial charge in [-0.2, -0.15) is 5.26 Å². The third-order valence-electron chi connectivity index (χ3n) is 5.16. The van der Waals surface area contributed by atoms with Crippen LogP contribution in [0.25, 0.3) is 10.2 Å². The second-order valence-electron chi connectivity index (χ2n) is 7.90. The highest BCUT2D eigenvalue weighted by atomic mass is 32.1. The molecule has 1 aromatic carbocycles. The summed E-state index contributed by atoms with van der Waals surface area (Å²) in [6.45, 7) is 9.39. The van der Waals surface area contributed by atoms with Crippen molar-refractivity contribution in [3.05, 3.63) is 45.6 Å².